The maximum atomic E-state index is 13.6. The fourth-order valence-electron chi connectivity index (χ4n) is 5.62. The lowest BCUT2D eigenvalue weighted by Gasteiger charge is -2.35. The number of nitrogens with zero attached hydrogens (tertiary/aromatic N) is 2. The Hall–Kier alpha value is -1.79. The minimum absolute atomic E-state index is 0.0235. The molecule has 0 radical (unpaired) electrons. The van der Waals surface area contributed by atoms with E-state index in [-0.39, 0.29) is 36.8 Å². The highest BCUT2D eigenvalue weighted by atomic mass is 35.5. The zero-order valence-electron chi connectivity index (χ0n) is 27.8. The van der Waals surface area contributed by atoms with Gasteiger partial charge in [-0.3, -0.25) is 9.69 Å². The molecule has 2 aliphatic rings. The molecule has 0 spiro atoms. The standard InChI is InChI=1S/C35H53Cl2N3O6/c1-5-6-7-10-27(2)33(39(3)34(41)22-28-12-13-31(36)32(37)21-28)26-40-25-30(46-35-11-8-9-15-45-35)23-29(40)24-38-14-16-43-19-20-44-18-17-42-4/h5-7,10,12-13,21,29-30,33,35,38H,2,8-9,11,14-20,22-26H2,1,3-4H3/b6-5-,10-7-/t29-,30?,33+,35?/m0/s1. The number of rotatable bonds is 21. The third-order valence-electron chi connectivity index (χ3n) is 8.23. The van der Waals surface area contributed by atoms with Crippen molar-refractivity contribution in [2.45, 2.75) is 63.5 Å². The Kier molecular flexibility index (Phi) is 18.5. The second-order valence-electron chi connectivity index (χ2n) is 11.7. The molecular formula is C35H53Cl2N3O6. The van der Waals surface area contributed by atoms with Crippen LogP contribution in [0.3, 0.4) is 0 Å². The van der Waals surface area contributed by atoms with E-state index in [0.717, 1.165) is 63.1 Å². The van der Waals surface area contributed by atoms with E-state index in [0.29, 0.717) is 49.6 Å². The van der Waals surface area contributed by atoms with Gasteiger partial charge in [0.15, 0.2) is 6.29 Å². The number of carbonyl (C=O) groups is 1. The van der Waals surface area contributed by atoms with Crippen molar-refractivity contribution in [1.29, 1.82) is 0 Å². The number of carbonyl (C=O) groups excluding carboxylic acids is 1. The first-order valence-electron chi connectivity index (χ1n) is 16.4. The molecule has 1 amide bonds. The van der Waals surface area contributed by atoms with Gasteiger partial charge in [-0.25, -0.2) is 0 Å². The smallest absolute Gasteiger partial charge is 0.227 e. The molecule has 2 aliphatic heterocycles. The van der Waals surface area contributed by atoms with Crippen molar-refractivity contribution >= 4 is 29.1 Å². The van der Waals surface area contributed by atoms with Gasteiger partial charge in [-0.15, -0.1) is 0 Å². The van der Waals surface area contributed by atoms with E-state index in [9.17, 15) is 4.79 Å². The van der Waals surface area contributed by atoms with Gasteiger partial charge in [-0.2, -0.15) is 0 Å². The molecule has 1 N–H and O–H groups in total. The Labute approximate surface area is 285 Å². The molecule has 258 valence electrons. The molecule has 2 fully saturated rings. The molecule has 9 nitrogen and oxygen atoms in total. The van der Waals surface area contributed by atoms with Gasteiger partial charge in [-0.05, 0) is 55.9 Å². The highest BCUT2D eigenvalue weighted by molar-refractivity contribution is 6.42. The monoisotopic (exact) mass is 681 g/mol. The van der Waals surface area contributed by atoms with Gasteiger partial charge in [0, 0.05) is 53.0 Å². The van der Waals surface area contributed by atoms with Gasteiger partial charge >= 0.3 is 0 Å². The molecule has 0 saturated carbocycles. The van der Waals surface area contributed by atoms with E-state index in [4.69, 9.17) is 46.9 Å². The van der Waals surface area contributed by atoms with Crippen LogP contribution in [0.5, 0.6) is 0 Å². The third-order valence-corrected chi connectivity index (χ3v) is 8.97. The molecule has 3 rings (SSSR count). The minimum Gasteiger partial charge on any atom is -0.382 e. The summed E-state index contributed by atoms with van der Waals surface area (Å²) in [7, 11) is 3.51. The molecule has 2 saturated heterocycles. The lowest BCUT2D eigenvalue weighted by molar-refractivity contribution is -0.185. The van der Waals surface area contributed by atoms with Crippen LogP contribution in [-0.4, -0.2) is 120 Å². The zero-order valence-corrected chi connectivity index (χ0v) is 29.3. The summed E-state index contributed by atoms with van der Waals surface area (Å²) in [6, 6.07) is 5.28. The van der Waals surface area contributed by atoms with Crippen molar-refractivity contribution in [3.05, 3.63) is 70.3 Å². The zero-order chi connectivity index (χ0) is 33.1. The number of amides is 1. The number of nitrogens with one attached hydrogen (secondary N) is 1. The summed E-state index contributed by atoms with van der Waals surface area (Å²) in [5.74, 6) is -0.0235. The molecule has 11 heteroatoms. The van der Waals surface area contributed by atoms with Crippen LogP contribution in [0, 0.1) is 0 Å². The first-order valence-corrected chi connectivity index (χ1v) is 17.1. The average Bonchev–Trinajstić information content (AvgIpc) is 3.43. The Bertz CT molecular complexity index is 1110. The Morgan fingerprint density at radius 3 is 2.65 bits per heavy atom. The highest BCUT2D eigenvalue weighted by Gasteiger charge is 2.37. The van der Waals surface area contributed by atoms with Gasteiger partial charge in [0.05, 0.1) is 61.6 Å². The molecule has 0 aromatic heterocycles. The average molecular weight is 683 g/mol. The molecule has 1 aromatic carbocycles. The number of likely N-dealkylation sites (N-methyl/N-ethyl adjacent to an activating group) is 1. The summed E-state index contributed by atoms with van der Waals surface area (Å²) in [4.78, 5) is 17.8. The van der Waals surface area contributed by atoms with Crippen molar-refractivity contribution in [3.63, 3.8) is 0 Å². The van der Waals surface area contributed by atoms with E-state index in [2.05, 4.69) is 16.8 Å². The number of allylic oxidation sites excluding steroid dienone is 3. The van der Waals surface area contributed by atoms with Crippen LogP contribution < -0.4 is 5.32 Å². The van der Waals surface area contributed by atoms with Crippen molar-refractivity contribution in [3.8, 4) is 0 Å². The van der Waals surface area contributed by atoms with E-state index in [1.807, 2.05) is 44.3 Å². The van der Waals surface area contributed by atoms with Crippen molar-refractivity contribution < 1.29 is 28.5 Å². The molecule has 0 aliphatic carbocycles. The number of methoxy groups -OCH3 is 1. The fourth-order valence-corrected chi connectivity index (χ4v) is 5.94. The number of hydrogen-bond donors (Lipinski definition) is 1. The molecule has 0 bridgehead atoms. The number of ether oxygens (including phenoxy) is 5. The molecule has 1 aromatic rings. The Morgan fingerprint density at radius 2 is 1.93 bits per heavy atom. The normalized spacial score (nSPS) is 21.4. The van der Waals surface area contributed by atoms with Crippen LogP contribution in [0.4, 0.5) is 0 Å². The largest absolute Gasteiger partial charge is 0.382 e. The van der Waals surface area contributed by atoms with Crippen molar-refractivity contribution in [1.82, 2.24) is 15.1 Å². The Morgan fingerprint density at radius 1 is 1.15 bits per heavy atom. The number of hydrogen-bond acceptors (Lipinski definition) is 8. The number of benzene rings is 1. The molecule has 2 unspecified atom stereocenters. The summed E-state index contributed by atoms with van der Waals surface area (Å²) in [5.41, 5.74) is 1.67. The van der Waals surface area contributed by atoms with Crippen LogP contribution in [0.1, 0.15) is 38.2 Å². The van der Waals surface area contributed by atoms with Gasteiger partial charge in [0.25, 0.3) is 0 Å². The predicted octanol–water partition coefficient (Wildman–Crippen LogP) is 5.31. The summed E-state index contributed by atoms with van der Waals surface area (Å²) >= 11 is 12.3. The van der Waals surface area contributed by atoms with E-state index in [1.54, 1.807) is 24.1 Å². The number of halogens is 2. The molecule has 2 heterocycles. The van der Waals surface area contributed by atoms with E-state index >= 15 is 0 Å². The van der Waals surface area contributed by atoms with Gasteiger partial charge in [0.1, 0.15) is 0 Å². The van der Waals surface area contributed by atoms with E-state index in [1.165, 1.54) is 0 Å². The second kappa shape index (κ2) is 22.0. The first kappa shape index (κ1) is 38.7. The van der Waals surface area contributed by atoms with Gasteiger partial charge < -0.3 is 33.9 Å². The molecular weight excluding hydrogens is 629 g/mol. The maximum Gasteiger partial charge on any atom is 0.227 e. The van der Waals surface area contributed by atoms with Crippen LogP contribution in [0.2, 0.25) is 10.0 Å². The summed E-state index contributed by atoms with van der Waals surface area (Å²) < 4.78 is 28.5. The summed E-state index contributed by atoms with van der Waals surface area (Å²) in [6.45, 7) is 12.8. The highest BCUT2D eigenvalue weighted by Crippen LogP contribution is 2.27. The topological polar surface area (TPSA) is 81.7 Å². The van der Waals surface area contributed by atoms with Gasteiger partial charge in [-0.1, -0.05) is 60.2 Å². The van der Waals surface area contributed by atoms with Crippen LogP contribution in [-0.2, 0) is 34.9 Å². The van der Waals surface area contributed by atoms with E-state index < -0.39 is 0 Å². The lowest BCUT2D eigenvalue weighted by Crippen LogP contribution is -2.49. The Balaban J connectivity index is 1.66. The molecule has 46 heavy (non-hydrogen) atoms. The SMILES string of the molecule is C=C(/C=C\C=C/C)[C@@H](CN1CC(OC2CCCCO2)C[C@H]1CNCCOCCOCCOC)N(C)C(=O)Cc1ccc(Cl)c(Cl)c1. The second-order valence-corrected chi connectivity index (χ2v) is 12.5. The first-order chi connectivity index (χ1) is 22.3. The summed E-state index contributed by atoms with van der Waals surface area (Å²) in [6.07, 6.45) is 12.0. The van der Waals surface area contributed by atoms with Crippen molar-refractivity contribution in [2.24, 2.45) is 0 Å². The fraction of sp³-hybridized carbons (Fsp3) is 0.629. The minimum atomic E-state index is -0.245. The van der Waals surface area contributed by atoms with Crippen LogP contribution >= 0.6 is 23.2 Å². The molecule has 4 atom stereocenters. The maximum absolute atomic E-state index is 13.6. The quantitative estimate of drug-likeness (QED) is 0.138. The van der Waals surface area contributed by atoms with Crippen LogP contribution in [0.15, 0.2) is 54.7 Å². The van der Waals surface area contributed by atoms with Crippen molar-refractivity contribution in [2.75, 3.05) is 80.0 Å². The number of likely N-dealkylation sites (tertiary alicyclic amines) is 1. The van der Waals surface area contributed by atoms with Crippen LogP contribution in [0.25, 0.3) is 0 Å². The lowest BCUT2D eigenvalue weighted by atomic mass is 10.0. The van der Waals surface area contributed by atoms with Gasteiger partial charge in [0.2, 0.25) is 5.91 Å². The predicted molar refractivity (Wildman–Crippen MR) is 185 cm³/mol. The summed E-state index contributed by atoms with van der Waals surface area (Å²) in [5, 5.41) is 4.47. The third kappa shape index (κ3) is 13.7.